The number of rotatable bonds is 3. The van der Waals surface area contributed by atoms with Crippen molar-refractivity contribution >= 4 is 11.9 Å². The Hall–Kier alpha value is -1.86. The van der Waals surface area contributed by atoms with Gasteiger partial charge in [0.25, 0.3) is 0 Å². The summed E-state index contributed by atoms with van der Waals surface area (Å²) in [5.41, 5.74) is -0.875. The second-order valence-corrected chi connectivity index (χ2v) is 5.34. The highest BCUT2D eigenvalue weighted by molar-refractivity contribution is 5.67. The zero-order valence-corrected chi connectivity index (χ0v) is 11.5. The van der Waals surface area contributed by atoms with Gasteiger partial charge in [-0.25, -0.2) is 9.97 Å². The third-order valence-corrected chi connectivity index (χ3v) is 3.77. The van der Waals surface area contributed by atoms with E-state index in [0.717, 1.165) is 12.4 Å². The number of alkyl halides is 3. The lowest BCUT2D eigenvalue weighted by molar-refractivity contribution is -0.139. The number of halogens is 3. The molecule has 116 valence electrons. The largest absolute Gasteiger partial charge is 0.481 e. The highest BCUT2D eigenvalue weighted by atomic mass is 19.4. The molecule has 1 aliphatic rings. The topological polar surface area (TPSA) is 66.3 Å². The third-order valence-electron chi connectivity index (χ3n) is 3.77. The summed E-state index contributed by atoms with van der Waals surface area (Å²) in [6, 6.07) is 0. The van der Waals surface area contributed by atoms with Crippen LogP contribution in [0.15, 0.2) is 12.4 Å². The number of carboxylic acid groups (broad SMARTS) is 1. The molecule has 1 fully saturated rings. The van der Waals surface area contributed by atoms with Gasteiger partial charge < -0.3 is 10.0 Å². The summed E-state index contributed by atoms with van der Waals surface area (Å²) in [5, 5.41) is 8.83. The molecule has 0 aromatic carbocycles. The fourth-order valence-electron chi connectivity index (χ4n) is 2.53. The van der Waals surface area contributed by atoms with Gasteiger partial charge in [-0.1, -0.05) is 6.92 Å². The van der Waals surface area contributed by atoms with Crippen LogP contribution >= 0.6 is 0 Å². The minimum atomic E-state index is -4.44. The minimum absolute atomic E-state index is 0.0770. The molecule has 21 heavy (non-hydrogen) atoms. The highest BCUT2D eigenvalue weighted by Crippen LogP contribution is 2.30. The first kappa shape index (κ1) is 15.5. The molecule has 2 rings (SSSR count). The normalized spacial score (nSPS) is 23.1. The van der Waals surface area contributed by atoms with Crippen molar-refractivity contribution in [2.75, 3.05) is 18.0 Å². The van der Waals surface area contributed by atoms with Crippen molar-refractivity contribution < 1.29 is 23.1 Å². The second-order valence-electron chi connectivity index (χ2n) is 5.34. The quantitative estimate of drug-likeness (QED) is 0.929. The van der Waals surface area contributed by atoms with E-state index in [1.165, 1.54) is 0 Å². The van der Waals surface area contributed by atoms with Crippen molar-refractivity contribution in [1.29, 1.82) is 0 Å². The van der Waals surface area contributed by atoms with Crippen LogP contribution in [0.3, 0.4) is 0 Å². The van der Waals surface area contributed by atoms with Gasteiger partial charge in [0.15, 0.2) is 0 Å². The van der Waals surface area contributed by atoms with Gasteiger partial charge in [-0.05, 0) is 18.3 Å². The summed E-state index contributed by atoms with van der Waals surface area (Å²) in [7, 11) is 0. The molecule has 0 saturated carbocycles. The molecule has 8 heteroatoms. The van der Waals surface area contributed by atoms with Crippen molar-refractivity contribution in [2.45, 2.75) is 25.9 Å². The average molecular weight is 303 g/mol. The van der Waals surface area contributed by atoms with Crippen LogP contribution in [0.25, 0.3) is 0 Å². The lowest BCUT2D eigenvalue weighted by Gasteiger charge is -2.36. The van der Waals surface area contributed by atoms with Crippen molar-refractivity contribution in [2.24, 2.45) is 11.8 Å². The Balaban J connectivity index is 2.02. The Morgan fingerprint density at radius 3 is 2.52 bits per heavy atom. The number of carbonyl (C=O) groups is 1. The van der Waals surface area contributed by atoms with Crippen LogP contribution in [0.1, 0.15) is 25.3 Å². The van der Waals surface area contributed by atoms with E-state index in [9.17, 15) is 18.0 Å². The third kappa shape index (κ3) is 3.83. The Kier molecular flexibility index (Phi) is 4.34. The van der Waals surface area contributed by atoms with Crippen LogP contribution < -0.4 is 4.90 Å². The zero-order valence-electron chi connectivity index (χ0n) is 11.5. The monoisotopic (exact) mass is 303 g/mol. The Bertz CT molecular complexity index is 504. The van der Waals surface area contributed by atoms with E-state index in [0.29, 0.717) is 19.5 Å². The first-order valence-electron chi connectivity index (χ1n) is 6.63. The minimum Gasteiger partial charge on any atom is -0.481 e. The van der Waals surface area contributed by atoms with Gasteiger partial charge in [0.1, 0.15) is 0 Å². The number of anilines is 1. The van der Waals surface area contributed by atoms with Gasteiger partial charge in [0, 0.05) is 31.9 Å². The maximum Gasteiger partial charge on any atom is 0.419 e. The van der Waals surface area contributed by atoms with Gasteiger partial charge >= 0.3 is 12.1 Å². The maximum absolute atomic E-state index is 12.4. The number of piperidine rings is 1. The molecular weight excluding hydrogens is 287 g/mol. The SMILES string of the molecule is CC1CN(c2ncc(C(F)(F)F)cn2)CCC1CC(=O)O. The number of aromatic nitrogens is 2. The summed E-state index contributed by atoms with van der Waals surface area (Å²) in [4.78, 5) is 20.1. The summed E-state index contributed by atoms with van der Waals surface area (Å²) in [6.07, 6.45) is -2.12. The van der Waals surface area contributed by atoms with E-state index in [1.54, 1.807) is 4.90 Å². The summed E-state index contributed by atoms with van der Waals surface area (Å²) >= 11 is 0. The molecule has 1 aromatic rings. The Labute approximate surface area is 119 Å². The van der Waals surface area contributed by atoms with E-state index < -0.39 is 17.7 Å². The molecule has 0 radical (unpaired) electrons. The Morgan fingerprint density at radius 2 is 2.05 bits per heavy atom. The lowest BCUT2D eigenvalue weighted by atomic mass is 9.84. The van der Waals surface area contributed by atoms with Crippen LogP contribution in [0.4, 0.5) is 19.1 Å². The highest BCUT2D eigenvalue weighted by Gasteiger charge is 2.32. The first-order chi connectivity index (χ1) is 9.77. The van der Waals surface area contributed by atoms with E-state index in [2.05, 4.69) is 9.97 Å². The van der Waals surface area contributed by atoms with E-state index in [-0.39, 0.29) is 24.2 Å². The summed E-state index contributed by atoms with van der Waals surface area (Å²) in [6.45, 7) is 3.03. The average Bonchev–Trinajstić information content (AvgIpc) is 2.40. The van der Waals surface area contributed by atoms with E-state index >= 15 is 0 Å². The predicted octanol–water partition coefficient (Wildman–Crippen LogP) is 2.43. The van der Waals surface area contributed by atoms with Crippen molar-refractivity contribution in [3.05, 3.63) is 18.0 Å². The smallest absolute Gasteiger partial charge is 0.419 e. The van der Waals surface area contributed by atoms with Gasteiger partial charge in [0.2, 0.25) is 5.95 Å². The van der Waals surface area contributed by atoms with E-state index in [4.69, 9.17) is 5.11 Å². The summed E-state index contributed by atoms with van der Waals surface area (Å²) in [5.74, 6) is -0.372. The molecule has 2 heterocycles. The molecule has 2 unspecified atom stereocenters. The van der Waals surface area contributed by atoms with Crippen LogP contribution in [-0.4, -0.2) is 34.1 Å². The van der Waals surface area contributed by atoms with Crippen LogP contribution in [-0.2, 0) is 11.0 Å². The van der Waals surface area contributed by atoms with Gasteiger partial charge in [-0.2, -0.15) is 13.2 Å². The molecule has 1 aromatic heterocycles. The standard InChI is InChI=1S/C13H16F3N3O2/c1-8-7-19(3-2-9(8)4-11(20)21)12-17-5-10(6-18-12)13(14,15)16/h5-6,8-9H,2-4,7H2,1H3,(H,20,21). The molecule has 0 spiro atoms. The number of carboxylic acids is 1. The summed E-state index contributed by atoms with van der Waals surface area (Å²) < 4.78 is 37.3. The fraction of sp³-hybridized carbons (Fsp3) is 0.615. The molecule has 2 atom stereocenters. The number of aliphatic carboxylic acids is 1. The number of hydrogen-bond donors (Lipinski definition) is 1. The van der Waals surface area contributed by atoms with Crippen LogP contribution in [0.2, 0.25) is 0 Å². The molecular formula is C13H16F3N3O2. The molecule has 0 amide bonds. The molecule has 0 aliphatic carbocycles. The first-order valence-corrected chi connectivity index (χ1v) is 6.63. The molecule has 1 saturated heterocycles. The van der Waals surface area contributed by atoms with Crippen LogP contribution in [0, 0.1) is 11.8 Å². The molecule has 5 nitrogen and oxygen atoms in total. The maximum atomic E-state index is 12.4. The number of hydrogen-bond acceptors (Lipinski definition) is 4. The fourth-order valence-corrected chi connectivity index (χ4v) is 2.53. The molecule has 1 aliphatic heterocycles. The van der Waals surface area contributed by atoms with Crippen molar-refractivity contribution in [1.82, 2.24) is 9.97 Å². The van der Waals surface area contributed by atoms with Crippen molar-refractivity contribution in [3.63, 3.8) is 0 Å². The van der Waals surface area contributed by atoms with Crippen molar-refractivity contribution in [3.8, 4) is 0 Å². The zero-order chi connectivity index (χ0) is 15.6. The second kappa shape index (κ2) is 5.87. The van der Waals surface area contributed by atoms with Gasteiger partial charge in [-0.3, -0.25) is 4.79 Å². The van der Waals surface area contributed by atoms with Gasteiger partial charge in [-0.15, -0.1) is 0 Å². The molecule has 1 N–H and O–H groups in total. The van der Waals surface area contributed by atoms with E-state index in [1.807, 2.05) is 6.92 Å². The van der Waals surface area contributed by atoms with Gasteiger partial charge in [0.05, 0.1) is 5.56 Å². The Morgan fingerprint density at radius 1 is 1.43 bits per heavy atom. The number of nitrogens with zero attached hydrogens (tertiary/aromatic N) is 3. The lowest BCUT2D eigenvalue weighted by Crippen LogP contribution is -2.41. The molecule has 0 bridgehead atoms. The predicted molar refractivity (Wildman–Crippen MR) is 68.8 cm³/mol. The van der Waals surface area contributed by atoms with Crippen LogP contribution in [0.5, 0.6) is 0 Å².